The predicted octanol–water partition coefficient (Wildman–Crippen LogP) is 6.54. The Labute approximate surface area is 387 Å². The first-order valence-corrected chi connectivity index (χ1v) is 23.0. The molecule has 2 N–H and O–H groups in total. The van der Waals surface area contributed by atoms with E-state index in [4.69, 9.17) is 20.1 Å². The van der Waals surface area contributed by atoms with Crippen LogP contribution in [0.15, 0.2) is 104 Å². The zero-order chi connectivity index (χ0) is 45.4. The van der Waals surface area contributed by atoms with Crippen molar-refractivity contribution < 1.29 is 14.7 Å². The van der Waals surface area contributed by atoms with Gasteiger partial charge in [-0.3, -0.25) is 4.79 Å². The van der Waals surface area contributed by atoms with E-state index in [2.05, 4.69) is 59.3 Å². The predicted molar refractivity (Wildman–Crippen MR) is 254 cm³/mol. The van der Waals surface area contributed by atoms with Gasteiger partial charge in [0.1, 0.15) is 5.69 Å². The van der Waals surface area contributed by atoms with Gasteiger partial charge in [-0.15, -0.1) is 0 Å². The van der Waals surface area contributed by atoms with Crippen molar-refractivity contribution in [2.45, 2.75) is 44.8 Å². The van der Waals surface area contributed by atoms with Gasteiger partial charge in [0, 0.05) is 74.8 Å². The number of imidazole rings is 3. The lowest BCUT2D eigenvalue weighted by Gasteiger charge is -2.19. The van der Waals surface area contributed by atoms with Crippen LogP contribution in [0.25, 0.3) is 24.3 Å². The van der Waals surface area contributed by atoms with Crippen molar-refractivity contribution in [3.63, 3.8) is 0 Å². The van der Waals surface area contributed by atoms with Crippen LogP contribution in [0.3, 0.4) is 0 Å². The Hall–Kier alpha value is -7.75. The number of aromatic nitrogens is 10. The summed E-state index contributed by atoms with van der Waals surface area (Å²) in [7, 11) is 1.99. The Balaban J connectivity index is 0.000000153. The molecule has 0 spiro atoms. The molecule has 0 bridgehead atoms. The Bertz CT molecular complexity index is 2970. The average Bonchev–Trinajstić information content (AvgIpc) is 3.79. The molecule has 2 saturated carbocycles. The molecule has 16 heteroatoms. The van der Waals surface area contributed by atoms with Crippen molar-refractivity contribution in [3.8, 4) is 0 Å². The van der Waals surface area contributed by atoms with Gasteiger partial charge in [-0.05, 0) is 72.6 Å². The van der Waals surface area contributed by atoms with E-state index in [9.17, 15) is 9.59 Å². The van der Waals surface area contributed by atoms with Gasteiger partial charge in [0.15, 0.2) is 5.69 Å². The van der Waals surface area contributed by atoms with E-state index in [-0.39, 0.29) is 17.6 Å². The van der Waals surface area contributed by atoms with Crippen molar-refractivity contribution in [2.75, 3.05) is 36.0 Å². The number of aromatic carboxylic acids is 1. The van der Waals surface area contributed by atoms with Gasteiger partial charge in [0.25, 0.3) is 5.91 Å². The highest BCUT2D eigenvalue weighted by Crippen LogP contribution is 2.46. The van der Waals surface area contributed by atoms with E-state index in [1.165, 1.54) is 31.1 Å². The van der Waals surface area contributed by atoms with E-state index in [0.717, 1.165) is 114 Å². The van der Waals surface area contributed by atoms with Crippen LogP contribution < -0.4 is 15.1 Å². The summed E-state index contributed by atoms with van der Waals surface area (Å²) in [5, 5.41) is 12.2. The molecule has 67 heavy (non-hydrogen) atoms. The van der Waals surface area contributed by atoms with Gasteiger partial charge < -0.3 is 33.9 Å². The van der Waals surface area contributed by atoms with E-state index in [0.29, 0.717) is 18.8 Å². The summed E-state index contributed by atoms with van der Waals surface area (Å²) in [6.07, 6.45) is 24.7. The molecule has 5 aliphatic rings. The first-order chi connectivity index (χ1) is 32.8. The first kappa shape index (κ1) is 41.9. The fraction of sp³-hybridized carbons (Fsp3) is 0.314. The number of aryl methyl sites for hydroxylation is 1. The van der Waals surface area contributed by atoms with E-state index in [1.54, 1.807) is 23.4 Å². The lowest BCUT2D eigenvalue weighted by atomic mass is 10.1. The fourth-order valence-corrected chi connectivity index (χ4v) is 9.63. The van der Waals surface area contributed by atoms with Crippen LogP contribution in [-0.2, 0) is 26.6 Å². The van der Waals surface area contributed by atoms with E-state index < -0.39 is 5.97 Å². The minimum atomic E-state index is -1.04. The van der Waals surface area contributed by atoms with Crippen LogP contribution in [0, 0.1) is 23.7 Å². The van der Waals surface area contributed by atoms with E-state index in [1.807, 2.05) is 89.3 Å². The number of carbonyl (C=O) groups is 2. The second kappa shape index (κ2) is 17.9. The maximum atomic E-state index is 13.0. The molecule has 7 heterocycles. The lowest BCUT2D eigenvalue weighted by molar-refractivity contribution is 0.0690. The maximum Gasteiger partial charge on any atom is 0.356 e. The Kier molecular flexibility index (Phi) is 11.2. The molecule has 2 aromatic carbocycles. The number of anilines is 2. The van der Waals surface area contributed by atoms with Gasteiger partial charge in [-0.1, -0.05) is 72.8 Å². The summed E-state index contributed by atoms with van der Waals surface area (Å²) in [6.45, 7) is 5.15. The molecule has 0 radical (unpaired) electrons. The van der Waals surface area contributed by atoms with Crippen molar-refractivity contribution in [1.82, 2.24) is 53.9 Å². The number of carbonyl (C=O) groups excluding carboxylic acids is 1. The summed E-state index contributed by atoms with van der Waals surface area (Å²) in [6, 6.07) is 20.2. The number of nitrogens with one attached hydrogen (secondary N) is 1. The molecule has 3 aliphatic carbocycles. The van der Waals surface area contributed by atoms with Crippen LogP contribution in [0.4, 0.5) is 11.9 Å². The minimum Gasteiger partial charge on any atom is -0.476 e. The van der Waals surface area contributed by atoms with Crippen molar-refractivity contribution >= 4 is 48.1 Å². The van der Waals surface area contributed by atoms with Gasteiger partial charge >= 0.3 is 5.97 Å². The number of fused-ring (bicyclic) bond motifs is 3. The number of piperidine rings is 2. The molecular weight excluding hydrogens is 843 g/mol. The van der Waals surface area contributed by atoms with Crippen LogP contribution in [0.1, 0.15) is 91.3 Å². The Morgan fingerprint density at radius 2 is 1.16 bits per heavy atom. The molecule has 1 amide bonds. The van der Waals surface area contributed by atoms with Gasteiger partial charge in [0.05, 0.1) is 55.2 Å². The van der Waals surface area contributed by atoms with Crippen molar-refractivity contribution in [1.29, 1.82) is 0 Å². The smallest absolute Gasteiger partial charge is 0.356 e. The molecule has 5 aromatic heterocycles. The third kappa shape index (κ3) is 9.37. The van der Waals surface area contributed by atoms with Crippen LogP contribution >= 0.6 is 0 Å². The number of nitrogens with zero attached hydrogens (tertiary/aromatic N) is 12. The third-order valence-corrected chi connectivity index (χ3v) is 13.6. The molecule has 2 saturated heterocycles. The molecule has 4 fully saturated rings. The lowest BCUT2D eigenvalue weighted by Crippen LogP contribution is -2.27. The molecule has 5 atom stereocenters. The zero-order valence-corrected chi connectivity index (χ0v) is 37.2. The monoisotopic (exact) mass is 893 g/mol. The summed E-state index contributed by atoms with van der Waals surface area (Å²) < 4.78 is 5.69. The highest BCUT2D eigenvalue weighted by atomic mass is 16.4. The summed E-state index contributed by atoms with van der Waals surface area (Å²) >= 11 is 0. The van der Waals surface area contributed by atoms with E-state index >= 15 is 0 Å². The number of rotatable bonds is 13. The quantitative estimate of drug-likeness (QED) is 0.128. The number of hydrogen-bond acceptors (Lipinski definition) is 11. The van der Waals surface area contributed by atoms with Crippen LogP contribution in [-0.4, -0.2) is 91.8 Å². The Morgan fingerprint density at radius 1 is 0.657 bits per heavy atom. The van der Waals surface area contributed by atoms with Crippen LogP contribution in [0.2, 0.25) is 0 Å². The highest BCUT2D eigenvalue weighted by molar-refractivity contribution is 5.92. The van der Waals surface area contributed by atoms with Crippen LogP contribution in [0.5, 0.6) is 0 Å². The number of carboxylic acids is 1. The normalized spacial score (nSPS) is 21.0. The average molecular weight is 894 g/mol. The van der Waals surface area contributed by atoms with Gasteiger partial charge in [-0.2, -0.15) is 0 Å². The summed E-state index contributed by atoms with van der Waals surface area (Å²) in [5.74, 6) is 3.58. The summed E-state index contributed by atoms with van der Waals surface area (Å²) in [5.41, 5.74) is 8.39. The number of carboxylic acid groups (broad SMARTS) is 1. The molecule has 2 aliphatic heterocycles. The first-order valence-electron chi connectivity index (χ1n) is 23.0. The van der Waals surface area contributed by atoms with Crippen molar-refractivity contribution in [2.24, 2.45) is 30.7 Å². The summed E-state index contributed by atoms with van der Waals surface area (Å²) in [4.78, 5) is 60.5. The number of benzene rings is 2. The number of amides is 1. The molecular formula is C51H51N13O3. The molecule has 12 rings (SSSR count). The minimum absolute atomic E-state index is 0.0280. The largest absolute Gasteiger partial charge is 0.476 e. The fourth-order valence-electron chi connectivity index (χ4n) is 9.63. The molecule has 338 valence electrons. The maximum absolute atomic E-state index is 13.0. The number of hydrogen-bond donors (Lipinski definition) is 2. The Morgan fingerprint density at radius 3 is 1.67 bits per heavy atom. The topological polar surface area (TPSA) is 178 Å². The second-order valence-corrected chi connectivity index (χ2v) is 18.4. The third-order valence-electron chi connectivity index (χ3n) is 13.6. The second-order valence-electron chi connectivity index (χ2n) is 18.4. The molecule has 4 unspecified atom stereocenters. The highest BCUT2D eigenvalue weighted by Gasteiger charge is 2.46. The molecule has 7 aromatic rings. The molecule has 16 nitrogen and oxygen atoms in total. The van der Waals surface area contributed by atoms with Gasteiger partial charge in [-0.25, -0.2) is 39.7 Å². The zero-order valence-electron chi connectivity index (χ0n) is 37.2. The van der Waals surface area contributed by atoms with Crippen molar-refractivity contribution in [3.05, 3.63) is 161 Å². The SMILES string of the molecule is Cn1cnc2c1CC[C@H]2NC(=O)c1cn(Cc2cnc(N3CC4CC4C3)nc2/C=C/c2ccccc2)cn1.O=C(O)c1cn(Cc2cnc(N3CC4CC4C3)nc2/C=C/c2ccccc2)cn1. The van der Waals surface area contributed by atoms with Gasteiger partial charge in [0.2, 0.25) is 11.9 Å². The standard InChI is InChI=1S/C29H30N8O.C22H21N5O2/c1-35-17-32-27-24(9-10-26(27)35)33-28(38)25-16-36(18-31-25)13-22-12-30-29(37-14-20-11-21(20)15-37)34-23(22)8-7-19-5-3-2-4-6-19;28-21(29)20-13-26(14-24-20)10-18-9-23-22(27-11-16-8-17(16)12-27)25-19(18)7-6-15-4-2-1-3-5-15/h2-8,12,16-18,20-21,24H,9-11,13-15H2,1H3,(H,33,38);1-7,9,13-14,16-17H,8,10-12H2,(H,28,29)/b8-7+;7-6+/t20?,21?,24-;/m1./s1.